The molecule has 0 amide bonds. The number of ether oxygens (including phenoxy) is 2. The minimum atomic E-state index is -0.418. The Balaban J connectivity index is 0.00000261. The van der Waals surface area contributed by atoms with Crippen LogP contribution in [0.1, 0.15) is 13.3 Å². The topological polar surface area (TPSA) is 150 Å². The van der Waals surface area contributed by atoms with Gasteiger partial charge in [-0.1, -0.05) is 19.6 Å². The van der Waals surface area contributed by atoms with Gasteiger partial charge in [-0.3, -0.25) is 10.1 Å². The van der Waals surface area contributed by atoms with Gasteiger partial charge in [0.05, 0.1) is 24.9 Å². The summed E-state index contributed by atoms with van der Waals surface area (Å²) in [6.45, 7) is 0. The maximum atomic E-state index is 10.9. The van der Waals surface area contributed by atoms with E-state index in [2.05, 4.69) is 9.36 Å². The molecule has 1 heterocycles. The van der Waals surface area contributed by atoms with Crippen LogP contribution in [-0.2, 0) is 5.75 Å². The third-order valence-electron chi connectivity index (χ3n) is 3.49. The summed E-state index contributed by atoms with van der Waals surface area (Å²) in [5.41, 5.74) is 0.734. The average molecular weight is 442 g/mol. The fourth-order valence-electron chi connectivity index (χ4n) is 2.24. The summed E-state index contributed by atoms with van der Waals surface area (Å²) in [6.07, 6.45) is 0. The number of non-ortho nitro benzene ring substituents is 1. The van der Waals surface area contributed by atoms with E-state index in [9.17, 15) is 10.1 Å². The van der Waals surface area contributed by atoms with Crippen LogP contribution in [0, 0.1) is 10.1 Å². The highest BCUT2D eigenvalue weighted by Crippen LogP contribution is 2.33. The molecule has 0 saturated heterocycles. The second-order valence-corrected chi connectivity index (χ2v) is 6.93. The summed E-state index contributed by atoms with van der Waals surface area (Å²) in [6, 6.07) is 12.1. The minimum absolute atomic E-state index is 0. The Hall–Kier alpha value is -2.73. The molecule has 0 aliphatic carbocycles. The van der Waals surface area contributed by atoms with E-state index in [-0.39, 0.29) is 24.1 Å². The number of methoxy groups -OCH3 is 2. The lowest BCUT2D eigenvalue weighted by Gasteiger charge is -2.08. The summed E-state index contributed by atoms with van der Waals surface area (Å²) in [4.78, 5) is 16.0. The van der Waals surface area contributed by atoms with Gasteiger partial charge in [0.2, 0.25) is 0 Å². The van der Waals surface area contributed by atoms with Crippen LogP contribution in [0.5, 0.6) is 11.5 Å². The first-order valence-corrected chi connectivity index (χ1v) is 9.29. The van der Waals surface area contributed by atoms with Gasteiger partial charge in [-0.2, -0.15) is 4.37 Å². The van der Waals surface area contributed by atoms with Gasteiger partial charge >= 0.3 is 0 Å². The molecule has 0 atom stereocenters. The maximum Gasteiger partial charge on any atom is 0.270 e. The van der Waals surface area contributed by atoms with Crippen molar-refractivity contribution in [2.75, 3.05) is 14.2 Å². The lowest BCUT2D eigenvalue weighted by Crippen LogP contribution is -1.91. The van der Waals surface area contributed by atoms with E-state index in [4.69, 9.17) is 9.47 Å². The molecule has 4 N–H and O–H groups in total. The fraction of sp³-hybridized carbons (Fsp3) is 0.222. The van der Waals surface area contributed by atoms with E-state index in [1.165, 1.54) is 23.7 Å². The van der Waals surface area contributed by atoms with Crippen molar-refractivity contribution in [3.63, 3.8) is 0 Å². The number of aromatic nitrogens is 2. The molecule has 3 rings (SSSR count). The van der Waals surface area contributed by atoms with Crippen molar-refractivity contribution in [3.8, 4) is 22.1 Å². The number of nitro benzene ring substituents is 1. The predicted molar refractivity (Wildman–Crippen MR) is 115 cm³/mol. The van der Waals surface area contributed by atoms with Crippen LogP contribution in [0.15, 0.2) is 47.4 Å². The van der Waals surface area contributed by atoms with Crippen molar-refractivity contribution < 1.29 is 25.3 Å². The Morgan fingerprint density at radius 1 is 1.10 bits per heavy atom. The Labute approximate surface area is 176 Å². The molecule has 11 heteroatoms. The molecular weight excluding hydrogens is 418 g/mol. The van der Waals surface area contributed by atoms with E-state index >= 15 is 0 Å². The van der Waals surface area contributed by atoms with Gasteiger partial charge in [0, 0.05) is 22.6 Å². The molecule has 0 saturated carbocycles. The molecule has 0 bridgehead atoms. The van der Waals surface area contributed by atoms with Gasteiger partial charge in [-0.25, -0.2) is 4.98 Å². The van der Waals surface area contributed by atoms with Gasteiger partial charge in [-0.05, 0) is 29.7 Å². The standard InChI is InChI=1S/C17H15N3O4S2.CH4.2H2O/c1-23-14-7-6-13(9-15(14)24-2)25-10-16-18-17(26-19-16)11-4-3-5-12(8-11)20(21)22;;;/h3-9H,10H2,1-2H3;1H4;2*1H2. The molecular formula is C18H23N3O6S2. The molecule has 9 nitrogen and oxygen atoms in total. The molecule has 29 heavy (non-hydrogen) atoms. The Bertz CT molecular complexity index is 935. The second-order valence-electron chi connectivity index (χ2n) is 5.13. The maximum absolute atomic E-state index is 10.9. The molecule has 0 spiro atoms. The summed E-state index contributed by atoms with van der Waals surface area (Å²) in [5, 5.41) is 11.6. The summed E-state index contributed by atoms with van der Waals surface area (Å²) in [5.74, 6) is 2.61. The van der Waals surface area contributed by atoms with Crippen LogP contribution >= 0.6 is 23.3 Å². The zero-order chi connectivity index (χ0) is 18.5. The highest BCUT2D eigenvalue weighted by molar-refractivity contribution is 7.98. The number of nitrogens with zero attached hydrogens (tertiary/aromatic N) is 3. The monoisotopic (exact) mass is 441 g/mol. The van der Waals surface area contributed by atoms with Crippen LogP contribution in [0.25, 0.3) is 10.6 Å². The number of hydrogen-bond donors (Lipinski definition) is 0. The highest BCUT2D eigenvalue weighted by atomic mass is 32.2. The van der Waals surface area contributed by atoms with E-state index in [0.29, 0.717) is 33.6 Å². The van der Waals surface area contributed by atoms with Crippen molar-refractivity contribution in [1.29, 1.82) is 0 Å². The van der Waals surface area contributed by atoms with Crippen LogP contribution in [-0.4, -0.2) is 39.5 Å². The Morgan fingerprint density at radius 2 is 1.83 bits per heavy atom. The predicted octanol–water partition coefficient (Wildman–Crippen LogP) is 3.41. The van der Waals surface area contributed by atoms with Crippen molar-refractivity contribution in [2.45, 2.75) is 18.1 Å². The highest BCUT2D eigenvalue weighted by Gasteiger charge is 2.12. The number of benzene rings is 2. The Kier molecular flexibility index (Phi) is 10.8. The third kappa shape index (κ3) is 6.39. The molecule has 158 valence electrons. The minimum Gasteiger partial charge on any atom is -0.493 e. The normalized spacial score (nSPS) is 9.45. The smallest absolute Gasteiger partial charge is 0.270 e. The largest absolute Gasteiger partial charge is 0.493 e. The van der Waals surface area contributed by atoms with Crippen molar-refractivity contribution in [1.82, 2.24) is 9.36 Å². The fourth-order valence-corrected chi connectivity index (χ4v) is 3.77. The molecule has 0 fully saturated rings. The van der Waals surface area contributed by atoms with Gasteiger partial charge < -0.3 is 20.4 Å². The van der Waals surface area contributed by atoms with Crippen LogP contribution < -0.4 is 9.47 Å². The second kappa shape index (κ2) is 12.0. The number of rotatable bonds is 7. The van der Waals surface area contributed by atoms with Crippen molar-refractivity contribution in [2.24, 2.45) is 0 Å². The van der Waals surface area contributed by atoms with Gasteiger partial charge in [0.15, 0.2) is 17.3 Å². The molecule has 0 radical (unpaired) electrons. The van der Waals surface area contributed by atoms with Crippen LogP contribution in [0.3, 0.4) is 0 Å². The lowest BCUT2D eigenvalue weighted by atomic mass is 10.2. The molecule has 2 aromatic carbocycles. The molecule has 0 unspecified atom stereocenters. The zero-order valence-electron chi connectivity index (χ0n) is 15.0. The van der Waals surface area contributed by atoms with Gasteiger partial charge in [0.25, 0.3) is 5.69 Å². The first kappa shape index (κ1) is 26.3. The number of nitro groups is 1. The average Bonchev–Trinajstić information content (AvgIpc) is 3.15. The summed E-state index contributed by atoms with van der Waals surface area (Å²) in [7, 11) is 3.19. The quantitative estimate of drug-likeness (QED) is 0.309. The molecule has 1 aromatic heterocycles. The summed E-state index contributed by atoms with van der Waals surface area (Å²) >= 11 is 2.81. The number of hydrogen-bond acceptors (Lipinski definition) is 8. The van der Waals surface area contributed by atoms with E-state index in [1.54, 1.807) is 38.1 Å². The lowest BCUT2D eigenvalue weighted by molar-refractivity contribution is -0.384. The number of thioether (sulfide) groups is 1. The van der Waals surface area contributed by atoms with Crippen molar-refractivity contribution in [3.05, 3.63) is 58.4 Å². The van der Waals surface area contributed by atoms with Gasteiger partial charge in [0.1, 0.15) is 5.01 Å². The van der Waals surface area contributed by atoms with Gasteiger partial charge in [-0.15, -0.1) is 11.8 Å². The third-order valence-corrected chi connectivity index (χ3v) is 5.29. The zero-order valence-corrected chi connectivity index (χ0v) is 16.7. The Morgan fingerprint density at radius 3 is 2.48 bits per heavy atom. The molecule has 3 aromatic rings. The first-order chi connectivity index (χ1) is 12.6. The van der Waals surface area contributed by atoms with E-state index < -0.39 is 4.92 Å². The van der Waals surface area contributed by atoms with Crippen LogP contribution in [0.2, 0.25) is 0 Å². The first-order valence-electron chi connectivity index (χ1n) is 7.53. The molecule has 0 aliphatic rings. The van der Waals surface area contributed by atoms with Crippen molar-refractivity contribution >= 4 is 29.0 Å². The van der Waals surface area contributed by atoms with Crippen LogP contribution in [0.4, 0.5) is 5.69 Å². The van der Waals surface area contributed by atoms with E-state index in [0.717, 1.165) is 4.90 Å². The molecule has 0 aliphatic heterocycles. The SMILES string of the molecule is C.COc1ccc(SCc2nsc(-c3cccc([N+](=O)[O-])c3)n2)cc1OC.O.O. The van der Waals surface area contributed by atoms with E-state index in [1.807, 2.05) is 18.2 Å². The summed E-state index contributed by atoms with van der Waals surface area (Å²) < 4.78 is 14.9.